The summed E-state index contributed by atoms with van der Waals surface area (Å²) >= 11 is 0. The van der Waals surface area contributed by atoms with Gasteiger partial charge in [0.1, 0.15) is 5.82 Å². The lowest BCUT2D eigenvalue weighted by atomic mass is 10.0. The average Bonchev–Trinajstić information content (AvgIpc) is 2.36. The number of H-pyrrole nitrogens is 1. The van der Waals surface area contributed by atoms with Gasteiger partial charge in [-0.25, -0.2) is 0 Å². The summed E-state index contributed by atoms with van der Waals surface area (Å²) in [4.78, 5) is 18.8. The van der Waals surface area contributed by atoms with Gasteiger partial charge in [-0.1, -0.05) is 31.0 Å². The molecule has 2 aromatic rings. The van der Waals surface area contributed by atoms with Gasteiger partial charge in [-0.2, -0.15) is 4.98 Å². The van der Waals surface area contributed by atoms with Crippen molar-refractivity contribution in [2.45, 2.75) is 33.6 Å². The Bertz CT molecular complexity index is 660. The summed E-state index contributed by atoms with van der Waals surface area (Å²) < 4.78 is 0. The molecule has 0 aliphatic rings. The van der Waals surface area contributed by atoms with E-state index in [0.29, 0.717) is 17.8 Å². The van der Waals surface area contributed by atoms with E-state index in [2.05, 4.69) is 9.97 Å². The Morgan fingerprint density at radius 2 is 2.05 bits per heavy atom. The first-order chi connectivity index (χ1) is 9.02. The lowest BCUT2D eigenvalue weighted by molar-refractivity contribution is 0.443. The lowest BCUT2D eigenvalue weighted by Crippen LogP contribution is -2.15. The molecule has 0 bridgehead atoms. The molecule has 1 heterocycles. The van der Waals surface area contributed by atoms with Gasteiger partial charge in [0.05, 0.1) is 5.56 Å². The average molecular weight is 258 g/mol. The molecule has 1 aromatic heterocycles. The topological polar surface area (TPSA) is 66.0 Å². The quantitative estimate of drug-likeness (QED) is 0.889. The minimum atomic E-state index is -0.259. The zero-order chi connectivity index (χ0) is 14.0. The van der Waals surface area contributed by atoms with E-state index in [-0.39, 0.29) is 11.4 Å². The van der Waals surface area contributed by atoms with Crippen LogP contribution in [0, 0.1) is 13.8 Å². The zero-order valence-corrected chi connectivity index (χ0v) is 11.4. The predicted molar refractivity (Wildman–Crippen MR) is 75.4 cm³/mol. The molecule has 1 aromatic carbocycles. The minimum absolute atomic E-state index is 0.165. The minimum Gasteiger partial charge on any atom is -0.493 e. The van der Waals surface area contributed by atoms with Gasteiger partial charge in [0.25, 0.3) is 5.56 Å². The zero-order valence-electron chi connectivity index (χ0n) is 11.4. The molecule has 0 aliphatic heterocycles. The van der Waals surface area contributed by atoms with Crippen molar-refractivity contribution in [3.63, 3.8) is 0 Å². The highest BCUT2D eigenvalue weighted by atomic mass is 16.3. The van der Waals surface area contributed by atoms with Crippen molar-refractivity contribution in [3.8, 4) is 17.3 Å². The molecule has 4 heteroatoms. The number of rotatable bonds is 3. The predicted octanol–water partition coefficient (Wildman–Crippen LogP) is 2.71. The molecule has 4 nitrogen and oxygen atoms in total. The van der Waals surface area contributed by atoms with Gasteiger partial charge in [-0.15, -0.1) is 0 Å². The smallest absolute Gasteiger partial charge is 0.258 e. The summed E-state index contributed by atoms with van der Waals surface area (Å²) in [5.41, 5.74) is 3.04. The van der Waals surface area contributed by atoms with Crippen LogP contribution in [0.3, 0.4) is 0 Å². The van der Waals surface area contributed by atoms with E-state index in [0.717, 1.165) is 23.1 Å². The SMILES string of the molecule is CCCc1c(O)nc(-c2cc(C)ccc2C)[nH]c1=O. The Balaban J connectivity index is 2.58. The van der Waals surface area contributed by atoms with Crippen LogP contribution >= 0.6 is 0 Å². The van der Waals surface area contributed by atoms with Crippen molar-refractivity contribution in [1.82, 2.24) is 9.97 Å². The largest absolute Gasteiger partial charge is 0.493 e. The third kappa shape index (κ3) is 2.67. The van der Waals surface area contributed by atoms with Gasteiger partial charge >= 0.3 is 0 Å². The second-order valence-electron chi connectivity index (χ2n) is 4.79. The van der Waals surface area contributed by atoms with Crippen LogP contribution in [0.2, 0.25) is 0 Å². The van der Waals surface area contributed by atoms with Crippen molar-refractivity contribution in [2.75, 3.05) is 0 Å². The molecule has 0 radical (unpaired) electrons. The molecule has 2 rings (SSSR count). The second-order valence-corrected chi connectivity index (χ2v) is 4.79. The highest BCUT2D eigenvalue weighted by Crippen LogP contribution is 2.22. The Kier molecular flexibility index (Phi) is 3.69. The van der Waals surface area contributed by atoms with Gasteiger partial charge < -0.3 is 10.1 Å². The number of nitrogens with one attached hydrogen (secondary N) is 1. The van der Waals surface area contributed by atoms with Crippen molar-refractivity contribution >= 4 is 0 Å². The lowest BCUT2D eigenvalue weighted by Gasteiger charge is -2.08. The number of hydrogen-bond acceptors (Lipinski definition) is 3. The molecule has 0 saturated heterocycles. The standard InChI is InChI=1S/C15H18N2O2/c1-4-5-11-14(18)16-13(17-15(11)19)12-8-9(2)6-7-10(12)3/h6-8H,4-5H2,1-3H3,(H2,16,17,18,19). The summed E-state index contributed by atoms with van der Waals surface area (Å²) in [7, 11) is 0. The highest BCUT2D eigenvalue weighted by Gasteiger charge is 2.12. The van der Waals surface area contributed by atoms with E-state index in [9.17, 15) is 9.90 Å². The van der Waals surface area contributed by atoms with Gasteiger partial charge in [0, 0.05) is 5.56 Å². The fraction of sp³-hybridized carbons (Fsp3) is 0.333. The van der Waals surface area contributed by atoms with Gasteiger partial charge in [-0.3, -0.25) is 4.79 Å². The maximum atomic E-state index is 12.0. The van der Waals surface area contributed by atoms with Crippen LogP contribution < -0.4 is 5.56 Å². The second kappa shape index (κ2) is 5.26. The van der Waals surface area contributed by atoms with E-state index in [1.54, 1.807) is 0 Å². The number of aromatic nitrogens is 2. The van der Waals surface area contributed by atoms with Crippen LogP contribution in [0.4, 0.5) is 0 Å². The first-order valence-electron chi connectivity index (χ1n) is 6.42. The Morgan fingerprint density at radius 3 is 2.68 bits per heavy atom. The summed E-state index contributed by atoms with van der Waals surface area (Å²) in [5.74, 6) is 0.255. The summed E-state index contributed by atoms with van der Waals surface area (Å²) in [6.45, 7) is 5.88. The number of aromatic amines is 1. The number of aromatic hydroxyl groups is 1. The van der Waals surface area contributed by atoms with Crippen LogP contribution in [0.25, 0.3) is 11.4 Å². The molecular formula is C15H18N2O2. The molecule has 2 N–H and O–H groups in total. The third-order valence-electron chi connectivity index (χ3n) is 3.14. The van der Waals surface area contributed by atoms with Crippen LogP contribution in [-0.2, 0) is 6.42 Å². The number of aryl methyl sites for hydroxylation is 2. The molecule has 0 amide bonds. The third-order valence-corrected chi connectivity index (χ3v) is 3.14. The van der Waals surface area contributed by atoms with E-state index in [1.807, 2.05) is 39.0 Å². The first-order valence-corrected chi connectivity index (χ1v) is 6.42. The summed E-state index contributed by atoms with van der Waals surface area (Å²) in [6, 6.07) is 5.93. The number of benzene rings is 1. The maximum Gasteiger partial charge on any atom is 0.258 e. The van der Waals surface area contributed by atoms with Crippen LogP contribution in [0.15, 0.2) is 23.0 Å². The van der Waals surface area contributed by atoms with Gasteiger partial charge in [-0.05, 0) is 31.9 Å². The van der Waals surface area contributed by atoms with Gasteiger partial charge in [0.15, 0.2) is 0 Å². The van der Waals surface area contributed by atoms with E-state index in [4.69, 9.17) is 0 Å². The molecule has 0 saturated carbocycles. The van der Waals surface area contributed by atoms with Crippen LogP contribution in [-0.4, -0.2) is 15.1 Å². The molecule has 0 fully saturated rings. The van der Waals surface area contributed by atoms with Crippen molar-refractivity contribution in [1.29, 1.82) is 0 Å². The first kappa shape index (κ1) is 13.3. The van der Waals surface area contributed by atoms with Crippen molar-refractivity contribution in [2.24, 2.45) is 0 Å². The van der Waals surface area contributed by atoms with E-state index in [1.165, 1.54) is 0 Å². The Hall–Kier alpha value is -2.10. The Morgan fingerprint density at radius 1 is 1.32 bits per heavy atom. The molecule has 0 spiro atoms. The molecular weight excluding hydrogens is 240 g/mol. The molecule has 100 valence electrons. The normalized spacial score (nSPS) is 10.7. The fourth-order valence-corrected chi connectivity index (χ4v) is 2.08. The number of nitrogens with zero attached hydrogens (tertiary/aromatic N) is 1. The van der Waals surface area contributed by atoms with Crippen molar-refractivity contribution < 1.29 is 5.11 Å². The van der Waals surface area contributed by atoms with E-state index < -0.39 is 0 Å². The highest BCUT2D eigenvalue weighted by molar-refractivity contribution is 5.61. The molecule has 0 aliphatic carbocycles. The van der Waals surface area contributed by atoms with Gasteiger partial charge in [0.2, 0.25) is 5.88 Å². The fourth-order valence-electron chi connectivity index (χ4n) is 2.08. The van der Waals surface area contributed by atoms with Crippen molar-refractivity contribution in [3.05, 3.63) is 45.2 Å². The monoisotopic (exact) mass is 258 g/mol. The molecule has 0 unspecified atom stereocenters. The molecule has 19 heavy (non-hydrogen) atoms. The van der Waals surface area contributed by atoms with Crippen LogP contribution in [0.5, 0.6) is 5.88 Å². The maximum absolute atomic E-state index is 12.0. The summed E-state index contributed by atoms with van der Waals surface area (Å²) in [5, 5.41) is 9.89. The van der Waals surface area contributed by atoms with Crippen LogP contribution in [0.1, 0.15) is 30.0 Å². The Labute approximate surface area is 112 Å². The number of hydrogen-bond donors (Lipinski definition) is 2. The molecule has 0 atom stereocenters. The van der Waals surface area contributed by atoms with E-state index >= 15 is 0 Å². The summed E-state index contributed by atoms with van der Waals surface area (Å²) in [6.07, 6.45) is 1.32.